The van der Waals surface area contributed by atoms with E-state index >= 15 is 0 Å². The van der Waals surface area contributed by atoms with Crippen molar-refractivity contribution in [3.63, 3.8) is 0 Å². The molecule has 1 saturated carbocycles. The van der Waals surface area contributed by atoms with Crippen LogP contribution in [0.15, 0.2) is 42.5 Å². The predicted octanol–water partition coefficient (Wildman–Crippen LogP) is 5.12. The van der Waals surface area contributed by atoms with Crippen LogP contribution in [0, 0.1) is 0 Å². The predicted molar refractivity (Wildman–Crippen MR) is 106 cm³/mol. The summed E-state index contributed by atoms with van der Waals surface area (Å²) in [5.74, 6) is 1.82. The maximum atomic E-state index is 11.3. The summed E-state index contributed by atoms with van der Waals surface area (Å²) in [6, 6.07) is 14.0. The van der Waals surface area contributed by atoms with Crippen molar-refractivity contribution in [3.05, 3.63) is 42.5 Å². The van der Waals surface area contributed by atoms with E-state index in [-0.39, 0.29) is 5.97 Å². The van der Waals surface area contributed by atoms with Gasteiger partial charge in [0.15, 0.2) is 11.5 Å². The van der Waals surface area contributed by atoms with Gasteiger partial charge in [-0.05, 0) is 49.9 Å². The van der Waals surface area contributed by atoms with E-state index in [2.05, 4.69) is 6.07 Å². The summed E-state index contributed by atoms with van der Waals surface area (Å²) in [5, 5.41) is 0. The monoisotopic (exact) mass is 382 g/mol. The first-order valence-corrected chi connectivity index (χ1v) is 10.1. The van der Waals surface area contributed by atoms with Crippen molar-refractivity contribution < 1.29 is 23.7 Å². The van der Waals surface area contributed by atoms with E-state index in [4.69, 9.17) is 18.9 Å². The second kappa shape index (κ2) is 8.13. The fourth-order valence-corrected chi connectivity index (χ4v) is 3.82. The van der Waals surface area contributed by atoms with Crippen molar-refractivity contribution in [2.75, 3.05) is 13.2 Å². The number of ether oxygens (including phenoxy) is 4. The lowest BCUT2D eigenvalue weighted by Gasteiger charge is -2.21. The quantitative estimate of drug-likeness (QED) is 0.492. The molecule has 1 fully saturated rings. The Labute approximate surface area is 165 Å². The summed E-state index contributed by atoms with van der Waals surface area (Å²) in [6.45, 7) is 2.71. The van der Waals surface area contributed by atoms with Gasteiger partial charge in [0.05, 0.1) is 13.2 Å². The molecular formula is C23H26O5. The number of esters is 1. The Morgan fingerprint density at radius 3 is 2.61 bits per heavy atom. The molecule has 0 amide bonds. The molecule has 4 rings (SSSR count). The van der Waals surface area contributed by atoms with Crippen LogP contribution >= 0.6 is 0 Å². The zero-order valence-electron chi connectivity index (χ0n) is 16.2. The summed E-state index contributed by atoms with van der Waals surface area (Å²) in [7, 11) is 0. The van der Waals surface area contributed by atoms with Crippen LogP contribution in [0.3, 0.4) is 0 Å². The highest BCUT2D eigenvalue weighted by Crippen LogP contribution is 2.50. The number of benzene rings is 2. The molecule has 0 radical (unpaired) electrons. The molecule has 1 aliphatic carbocycles. The summed E-state index contributed by atoms with van der Waals surface area (Å²) < 4.78 is 23.1. The Morgan fingerprint density at radius 2 is 1.86 bits per heavy atom. The third-order valence-corrected chi connectivity index (χ3v) is 5.19. The van der Waals surface area contributed by atoms with Gasteiger partial charge in [-0.25, -0.2) is 0 Å². The fraction of sp³-hybridized carbons (Fsp3) is 0.435. The lowest BCUT2D eigenvalue weighted by atomic mass is 10.0. The van der Waals surface area contributed by atoms with E-state index in [0.717, 1.165) is 54.1 Å². The van der Waals surface area contributed by atoms with E-state index in [0.29, 0.717) is 26.1 Å². The molecule has 0 unspecified atom stereocenters. The number of carbonyl (C=O) groups excluding carboxylic acids is 1. The van der Waals surface area contributed by atoms with Crippen LogP contribution in [0.25, 0.3) is 11.1 Å². The topological polar surface area (TPSA) is 54.0 Å². The Hall–Kier alpha value is -2.69. The summed E-state index contributed by atoms with van der Waals surface area (Å²) >= 11 is 0. The molecule has 1 spiro atoms. The van der Waals surface area contributed by atoms with Crippen molar-refractivity contribution in [2.45, 2.75) is 51.2 Å². The molecule has 2 aromatic carbocycles. The van der Waals surface area contributed by atoms with Crippen molar-refractivity contribution in [2.24, 2.45) is 0 Å². The van der Waals surface area contributed by atoms with Crippen LogP contribution in [-0.4, -0.2) is 25.0 Å². The third-order valence-electron chi connectivity index (χ3n) is 5.19. The average Bonchev–Trinajstić information content (AvgIpc) is 3.31. The SMILES string of the molecule is CCOC(=O)CCCOc1ccc(-c2cccc3c2OC2(CCCC2)O3)cc1. The number of rotatable bonds is 7. The average molecular weight is 382 g/mol. The summed E-state index contributed by atoms with van der Waals surface area (Å²) in [6.07, 6.45) is 5.19. The first kappa shape index (κ1) is 18.7. The van der Waals surface area contributed by atoms with Gasteiger partial charge in [-0.15, -0.1) is 0 Å². The Bertz CT molecular complexity index is 821. The van der Waals surface area contributed by atoms with Gasteiger partial charge in [0.1, 0.15) is 5.75 Å². The number of para-hydroxylation sites is 1. The normalized spacial score (nSPS) is 16.3. The third kappa shape index (κ3) is 3.93. The van der Waals surface area contributed by atoms with Gasteiger partial charge in [-0.2, -0.15) is 0 Å². The molecule has 1 heterocycles. The minimum absolute atomic E-state index is 0.179. The maximum Gasteiger partial charge on any atom is 0.305 e. The van der Waals surface area contributed by atoms with Crippen molar-refractivity contribution in [1.29, 1.82) is 0 Å². The fourth-order valence-electron chi connectivity index (χ4n) is 3.82. The van der Waals surface area contributed by atoms with Crippen molar-refractivity contribution in [1.82, 2.24) is 0 Å². The van der Waals surface area contributed by atoms with Gasteiger partial charge in [0, 0.05) is 24.8 Å². The van der Waals surface area contributed by atoms with Crippen LogP contribution < -0.4 is 14.2 Å². The van der Waals surface area contributed by atoms with Gasteiger partial charge in [0.25, 0.3) is 5.79 Å². The van der Waals surface area contributed by atoms with Gasteiger partial charge in [-0.1, -0.05) is 24.3 Å². The lowest BCUT2D eigenvalue weighted by molar-refractivity contribution is -0.143. The second-order valence-corrected chi connectivity index (χ2v) is 7.24. The molecule has 1 aliphatic heterocycles. The molecule has 148 valence electrons. The highest BCUT2D eigenvalue weighted by molar-refractivity contribution is 5.75. The van der Waals surface area contributed by atoms with Crippen molar-refractivity contribution in [3.8, 4) is 28.4 Å². The molecular weight excluding hydrogens is 356 g/mol. The minimum atomic E-state index is -0.458. The van der Waals surface area contributed by atoms with Gasteiger partial charge < -0.3 is 18.9 Å². The summed E-state index contributed by atoms with van der Waals surface area (Å²) in [5.41, 5.74) is 2.10. The summed E-state index contributed by atoms with van der Waals surface area (Å²) in [4.78, 5) is 11.3. The van der Waals surface area contributed by atoms with Crippen LogP contribution in [0.4, 0.5) is 0 Å². The Balaban J connectivity index is 1.39. The highest BCUT2D eigenvalue weighted by Gasteiger charge is 2.44. The van der Waals surface area contributed by atoms with E-state index in [1.165, 1.54) is 0 Å². The Morgan fingerprint density at radius 1 is 1.07 bits per heavy atom. The second-order valence-electron chi connectivity index (χ2n) is 7.24. The molecule has 5 nitrogen and oxygen atoms in total. The largest absolute Gasteiger partial charge is 0.494 e. The Kier molecular flexibility index (Phi) is 5.42. The molecule has 0 bridgehead atoms. The molecule has 0 saturated heterocycles. The van der Waals surface area contributed by atoms with Crippen molar-refractivity contribution >= 4 is 5.97 Å². The number of hydrogen-bond acceptors (Lipinski definition) is 5. The molecule has 28 heavy (non-hydrogen) atoms. The number of hydrogen-bond donors (Lipinski definition) is 0. The molecule has 0 aromatic heterocycles. The molecule has 0 N–H and O–H groups in total. The first-order chi connectivity index (χ1) is 13.7. The van der Waals surface area contributed by atoms with Crippen LogP contribution in [0.2, 0.25) is 0 Å². The smallest absolute Gasteiger partial charge is 0.305 e. The number of carbonyl (C=O) groups is 1. The number of fused-ring (bicyclic) bond motifs is 1. The molecule has 0 atom stereocenters. The van der Waals surface area contributed by atoms with Gasteiger partial charge in [0.2, 0.25) is 0 Å². The van der Waals surface area contributed by atoms with Crippen LogP contribution in [-0.2, 0) is 9.53 Å². The van der Waals surface area contributed by atoms with Crippen LogP contribution in [0.1, 0.15) is 45.4 Å². The standard InChI is InChI=1S/C23H26O5/c1-2-25-21(24)9-6-16-26-18-12-10-17(11-13-18)19-7-5-8-20-22(19)28-23(27-20)14-3-4-15-23/h5,7-8,10-13H,2-4,6,9,14-16H2,1H3. The van der Waals surface area contributed by atoms with Crippen LogP contribution in [0.5, 0.6) is 17.2 Å². The van der Waals surface area contributed by atoms with Gasteiger partial charge >= 0.3 is 5.97 Å². The van der Waals surface area contributed by atoms with Gasteiger partial charge in [-0.3, -0.25) is 4.79 Å². The van der Waals surface area contributed by atoms with E-state index in [9.17, 15) is 4.79 Å². The molecule has 5 heteroatoms. The zero-order chi connectivity index (χ0) is 19.4. The minimum Gasteiger partial charge on any atom is -0.494 e. The highest BCUT2D eigenvalue weighted by atomic mass is 16.7. The molecule has 2 aliphatic rings. The van der Waals surface area contributed by atoms with E-state index < -0.39 is 5.79 Å². The van der Waals surface area contributed by atoms with E-state index in [1.54, 1.807) is 0 Å². The zero-order valence-corrected chi connectivity index (χ0v) is 16.2. The maximum absolute atomic E-state index is 11.3. The molecule has 2 aromatic rings. The first-order valence-electron chi connectivity index (χ1n) is 10.1. The van der Waals surface area contributed by atoms with E-state index in [1.807, 2.05) is 43.3 Å². The lowest BCUT2D eigenvalue weighted by Crippen LogP contribution is -2.34.